The Labute approximate surface area is 146 Å². The Kier molecular flexibility index (Phi) is 5.09. The van der Waals surface area contributed by atoms with E-state index in [0.717, 1.165) is 11.1 Å². The van der Waals surface area contributed by atoms with Crippen LogP contribution in [0.1, 0.15) is 31.8 Å². The summed E-state index contributed by atoms with van der Waals surface area (Å²) < 4.78 is 5.28. The van der Waals surface area contributed by atoms with Crippen LogP contribution in [0.3, 0.4) is 0 Å². The van der Waals surface area contributed by atoms with Gasteiger partial charge in [0.2, 0.25) is 0 Å². The van der Waals surface area contributed by atoms with Gasteiger partial charge in [-0.2, -0.15) is 0 Å². The summed E-state index contributed by atoms with van der Waals surface area (Å²) in [6.07, 6.45) is 3.23. The monoisotopic (exact) mass is 339 g/mol. The van der Waals surface area contributed by atoms with E-state index in [-0.39, 0.29) is 11.8 Å². The average Bonchev–Trinajstić information content (AvgIpc) is 2.63. The van der Waals surface area contributed by atoms with Crippen LogP contribution in [-0.2, 0) is 4.74 Å². The van der Waals surface area contributed by atoms with Gasteiger partial charge in [0.25, 0.3) is 11.8 Å². The number of nitrogens with zero attached hydrogens (tertiary/aromatic N) is 2. The summed E-state index contributed by atoms with van der Waals surface area (Å²) >= 11 is 0. The maximum absolute atomic E-state index is 12.6. The fourth-order valence-corrected chi connectivity index (χ4v) is 2.71. The van der Waals surface area contributed by atoms with Crippen LogP contribution in [0.5, 0.6) is 0 Å². The van der Waals surface area contributed by atoms with Crippen molar-refractivity contribution >= 4 is 17.5 Å². The fourth-order valence-electron chi connectivity index (χ4n) is 2.71. The first kappa shape index (κ1) is 17.1. The smallest absolute Gasteiger partial charge is 0.257 e. The second kappa shape index (κ2) is 7.44. The van der Waals surface area contributed by atoms with Crippen LogP contribution in [0.4, 0.5) is 5.69 Å². The molecule has 6 nitrogen and oxygen atoms in total. The molecule has 0 unspecified atom stereocenters. The number of amides is 2. The molecule has 0 saturated carbocycles. The maximum atomic E-state index is 12.6. The van der Waals surface area contributed by atoms with Crippen molar-refractivity contribution < 1.29 is 14.3 Å². The summed E-state index contributed by atoms with van der Waals surface area (Å²) in [5.74, 6) is -0.286. The summed E-state index contributed by atoms with van der Waals surface area (Å²) in [4.78, 5) is 30.9. The Morgan fingerprint density at radius 1 is 1.08 bits per heavy atom. The Morgan fingerprint density at radius 3 is 2.56 bits per heavy atom. The maximum Gasteiger partial charge on any atom is 0.257 e. The van der Waals surface area contributed by atoms with Gasteiger partial charge in [0, 0.05) is 36.7 Å². The molecule has 2 amide bonds. The minimum Gasteiger partial charge on any atom is -0.378 e. The topological polar surface area (TPSA) is 71.5 Å². The molecule has 2 aromatic rings. The van der Waals surface area contributed by atoms with Crippen LogP contribution in [0, 0.1) is 13.8 Å². The highest BCUT2D eigenvalue weighted by atomic mass is 16.5. The molecule has 1 N–H and O–H groups in total. The molecule has 6 heteroatoms. The van der Waals surface area contributed by atoms with Crippen LogP contribution >= 0.6 is 0 Å². The normalized spacial score (nSPS) is 14.2. The molecule has 0 atom stereocenters. The summed E-state index contributed by atoms with van der Waals surface area (Å²) in [6.45, 7) is 6.07. The molecule has 0 bridgehead atoms. The number of morpholine rings is 1. The van der Waals surface area contributed by atoms with Crippen LogP contribution in [0.25, 0.3) is 0 Å². The van der Waals surface area contributed by atoms with Gasteiger partial charge in [-0.3, -0.25) is 14.6 Å². The van der Waals surface area contributed by atoms with Gasteiger partial charge in [0.1, 0.15) is 0 Å². The number of carbonyl (C=O) groups is 2. The Bertz CT molecular complexity index is 798. The lowest BCUT2D eigenvalue weighted by molar-refractivity contribution is 0.0303. The van der Waals surface area contributed by atoms with E-state index in [1.165, 1.54) is 6.20 Å². The number of nitrogens with one attached hydrogen (secondary N) is 1. The number of carbonyl (C=O) groups excluding carboxylic acids is 2. The lowest BCUT2D eigenvalue weighted by atomic mass is 10.1. The third-order valence-corrected chi connectivity index (χ3v) is 4.17. The fraction of sp³-hybridized carbons (Fsp3) is 0.316. The van der Waals surface area contributed by atoms with Gasteiger partial charge in [-0.15, -0.1) is 0 Å². The van der Waals surface area contributed by atoms with Crippen molar-refractivity contribution in [1.82, 2.24) is 9.88 Å². The van der Waals surface area contributed by atoms with E-state index in [0.29, 0.717) is 43.1 Å². The zero-order valence-electron chi connectivity index (χ0n) is 14.4. The first-order chi connectivity index (χ1) is 12.0. The molecule has 1 aliphatic rings. The Morgan fingerprint density at radius 2 is 1.84 bits per heavy atom. The predicted molar refractivity (Wildman–Crippen MR) is 94.8 cm³/mol. The number of pyridine rings is 1. The molecule has 0 radical (unpaired) electrons. The van der Waals surface area contributed by atoms with Gasteiger partial charge in [0.05, 0.1) is 18.8 Å². The van der Waals surface area contributed by atoms with Crippen molar-refractivity contribution in [3.63, 3.8) is 0 Å². The van der Waals surface area contributed by atoms with E-state index in [9.17, 15) is 9.59 Å². The van der Waals surface area contributed by atoms with Gasteiger partial charge in [-0.05, 0) is 43.2 Å². The van der Waals surface area contributed by atoms with Gasteiger partial charge in [-0.1, -0.05) is 6.07 Å². The van der Waals surface area contributed by atoms with E-state index in [4.69, 9.17) is 4.74 Å². The minimum absolute atomic E-state index is 0.0454. The van der Waals surface area contributed by atoms with Gasteiger partial charge >= 0.3 is 0 Å². The van der Waals surface area contributed by atoms with Crippen LogP contribution in [-0.4, -0.2) is 48.0 Å². The van der Waals surface area contributed by atoms with Crippen molar-refractivity contribution in [2.24, 2.45) is 0 Å². The molecule has 1 aliphatic heterocycles. The second-order valence-corrected chi connectivity index (χ2v) is 6.14. The summed E-state index contributed by atoms with van der Waals surface area (Å²) in [6, 6.07) is 7.14. The number of aryl methyl sites for hydroxylation is 2. The number of anilines is 1. The van der Waals surface area contributed by atoms with Gasteiger partial charge in [0.15, 0.2) is 0 Å². The number of ether oxygens (including phenoxy) is 1. The standard InChI is InChI=1S/C19H21N3O3/c1-13-9-16(12-20-11-13)18(23)21-17-10-15(4-3-14(17)2)19(24)22-5-7-25-8-6-22/h3-4,9-12H,5-8H2,1-2H3,(H,21,23). The molecule has 3 rings (SSSR count). The van der Waals surface area contributed by atoms with Crippen molar-refractivity contribution in [3.05, 3.63) is 58.9 Å². The summed E-state index contributed by atoms with van der Waals surface area (Å²) in [5, 5.41) is 2.88. The average molecular weight is 339 g/mol. The zero-order valence-corrected chi connectivity index (χ0v) is 14.4. The molecule has 0 spiro atoms. The van der Waals surface area contributed by atoms with E-state index < -0.39 is 0 Å². The largest absolute Gasteiger partial charge is 0.378 e. The van der Waals surface area contributed by atoms with E-state index in [1.54, 1.807) is 29.3 Å². The van der Waals surface area contributed by atoms with Crippen LogP contribution in [0.15, 0.2) is 36.7 Å². The molecule has 1 aromatic heterocycles. The van der Waals surface area contributed by atoms with Gasteiger partial charge < -0.3 is 15.0 Å². The van der Waals surface area contributed by atoms with E-state index in [1.807, 2.05) is 19.9 Å². The summed E-state index contributed by atoms with van der Waals surface area (Å²) in [7, 11) is 0. The number of hydrogen-bond acceptors (Lipinski definition) is 4. The SMILES string of the molecule is Cc1cncc(C(=O)Nc2cc(C(=O)N3CCOCC3)ccc2C)c1. The quantitative estimate of drug-likeness (QED) is 0.932. The highest BCUT2D eigenvalue weighted by Crippen LogP contribution is 2.19. The highest BCUT2D eigenvalue weighted by molar-refractivity contribution is 6.05. The first-order valence-electron chi connectivity index (χ1n) is 8.25. The Balaban J connectivity index is 1.79. The lowest BCUT2D eigenvalue weighted by Crippen LogP contribution is -2.40. The second-order valence-electron chi connectivity index (χ2n) is 6.14. The van der Waals surface area contributed by atoms with Crippen LogP contribution in [0.2, 0.25) is 0 Å². The minimum atomic E-state index is -0.240. The number of rotatable bonds is 3. The number of hydrogen-bond donors (Lipinski definition) is 1. The third kappa shape index (κ3) is 4.03. The Hall–Kier alpha value is -2.73. The molecule has 1 saturated heterocycles. The molecule has 1 fully saturated rings. The predicted octanol–water partition coefficient (Wildman–Crippen LogP) is 2.42. The van der Waals surface area contributed by atoms with E-state index >= 15 is 0 Å². The first-order valence-corrected chi connectivity index (χ1v) is 8.25. The number of aromatic nitrogens is 1. The molecule has 2 heterocycles. The number of benzene rings is 1. The van der Waals surface area contributed by atoms with E-state index in [2.05, 4.69) is 10.3 Å². The molecular formula is C19H21N3O3. The van der Waals surface area contributed by atoms with Crippen molar-refractivity contribution in [3.8, 4) is 0 Å². The molecule has 25 heavy (non-hydrogen) atoms. The van der Waals surface area contributed by atoms with Crippen LogP contribution < -0.4 is 5.32 Å². The van der Waals surface area contributed by atoms with Crippen molar-refractivity contribution in [2.45, 2.75) is 13.8 Å². The molecular weight excluding hydrogens is 318 g/mol. The molecule has 0 aliphatic carbocycles. The van der Waals surface area contributed by atoms with Crippen molar-refractivity contribution in [2.75, 3.05) is 31.6 Å². The summed E-state index contributed by atoms with van der Waals surface area (Å²) in [5.41, 5.74) is 3.49. The van der Waals surface area contributed by atoms with Crippen molar-refractivity contribution in [1.29, 1.82) is 0 Å². The highest BCUT2D eigenvalue weighted by Gasteiger charge is 2.19. The molecule has 1 aromatic carbocycles. The van der Waals surface area contributed by atoms with Gasteiger partial charge in [-0.25, -0.2) is 0 Å². The lowest BCUT2D eigenvalue weighted by Gasteiger charge is -2.27. The molecule has 130 valence electrons. The third-order valence-electron chi connectivity index (χ3n) is 4.17. The zero-order chi connectivity index (χ0) is 17.8.